The number of amides is 2. The monoisotopic (exact) mass is 633 g/mol. The van der Waals surface area contributed by atoms with Gasteiger partial charge in [-0.25, -0.2) is 4.79 Å². The molecule has 0 bridgehead atoms. The quantitative estimate of drug-likeness (QED) is 0.106. The van der Waals surface area contributed by atoms with Gasteiger partial charge in [-0.15, -0.1) is 0 Å². The molecule has 16 heteroatoms. The van der Waals surface area contributed by atoms with Crippen LogP contribution in [-0.4, -0.2) is 114 Å². The maximum Gasteiger partial charge on any atom is 0.340 e. The van der Waals surface area contributed by atoms with Gasteiger partial charge in [0.1, 0.15) is 31.5 Å². The molecule has 1 saturated heterocycles. The minimum Gasteiger partial charge on any atom is -0.394 e. The normalized spacial score (nSPS) is 19.4. The van der Waals surface area contributed by atoms with Gasteiger partial charge in [0.05, 0.1) is 6.61 Å². The number of aliphatic hydroxyl groups excluding tert-OH is 1. The zero-order valence-electron chi connectivity index (χ0n) is 25.1. The lowest BCUT2D eigenvalue weighted by atomic mass is 10.1. The van der Waals surface area contributed by atoms with E-state index in [4.69, 9.17) is 31.4 Å². The van der Waals surface area contributed by atoms with Crippen molar-refractivity contribution < 1.29 is 33.7 Å². The van der Waals surface area contributed by atoms with Crippen molar-refractivity contribution in [3.63, 3.8) is 0 Å². The fraction of sp³-hybridized carbons (Fsp3) is 0.552. The van der Waals surface area contributed by atoms with Crippen molar-refractivity contribution in [2.45, 2.75) is 43.8 Å². The molecule has 0 aliphatic carbocycles. The van der Waals surface area contributed by atoms with Gasteiger partial charge in [0.25, 0.3) is 11.5 Å². The zero-order valence-corrected chi connectivity index (χ0v) is 25.1. The van der Waals surface area contributed by atoms with Crippen molar-refractivity contribution in [3.8, 4) is 0 Å². The molecule has 1 fully saturated rings. The van der Waals surface area contributed by atoms with Crippen LogP contribution >= 0.6 is 0 Å². The molecule has 3 rings (SSSR count). The molecule has 2 amide bonds. The Kier molecular flexibility index (Phi) is 14.5. The summed E-state index contributed by atoms with van der Waals surface area (Å²) in [4.78, 5) is 66.6. The number of rotatable bonds is 18. The van der Waals surface area contributed by atoms with E-state index in [1.54, 1.807) is 23.1 Å². The van der Waals surface area contributed by atoms with Crippen molar-refractivity contribution in [1.82, 2.24) is 19.4 Å². The van der Waals surface area contributed by atoms with E-state index in [0.717, 1.165) is 16.8 Å². The molecule has 16 nitrogen and oxygen atoms in total. The largest absolute Gasteiger partial charge is 0.394 e. The predicted molar refractivity (Wildman–Crippen MR) is 162 cm³/mol. The van der Waals surface area contributed by atoms with Gasteiger partial charge in [-0.2, -0.15) is 4.57 Å². The molecular weight excluding hydrogens is 590 g/mol. The fourth-order valence-electron chi connectivity index (χ4n) is 4.78. The molecule has 8 N–H and O–H groups in total. The molecule has 1 aromatic heterocycles. The van der Waals surface area contributed by atoms with Crippen LogP contribution in [-0.2, 0) is 23.8 Å². The van der Waals surface area contributed by atoms with E-state index < -0.39 is 73.3 Å². The number of nitrogens with zero attached hydrogens (tertiary/aromatic N) is 3. The lowest BCUT2D eigenvalue weighted by molar-refractivity contribution is -0.146. The van der Waals surface area contributed by atoms with Crippen LogP contribution in [0.1, 0.15) is 35.8 Å². The highest BCUT2D eigenvalue weighted by Crippen LogP contribution is 2.33. The number of nitrogens with one attached hydrogen (secondary N) is 1. The fourth-order valence-corrected chi connectivity index (χ4v) is 4.78. The number of hydrogen-bond donors (Lipinski definition) is 5. The van der Waals surface area contributed by atoms with E-state index in [0.29, 0.717) is 63.1 Å². The Balaban J connectivity index is 1.95. The molecule has 0 unspecified atom stereocenters. The Bertz CT molecular complexity index is 1360. The lowest BCUT2D eigenvalue weighted by Crippen LogP contribution is -2.47. The number of hydrogen-bond acceptors (Lipinski definition) is 12. The smallest absolute Gasteiger partial charge is 0.340 e. The first kappa shape index (κ1) is 35.7. The zero-order chi connectivity index (χ0) is 32.8. The van der Waals surface area contributed by atoms with Crippen LogP contribution in [0.4, 0.5) is 0 Å². The number of benzene rings is 1. The van der Waals surface area contributed by atoms with Crippen molar-refractivity contribution in [1.29, 1.82) is 0 Å². The maximum atomic E-state index is 13.6. The first-order chi connectivity index (χ1) is 21.8. The molecular formula is C29H43N7O9. The van der Waals surface area contributed by atoms with E-state index in [1.807, 2.05) is 0 Å². The molecule has 45 heavy (non-hydrogen) atoms. The van der Waals surface area contributed by atoms with Crippen LogP contribution < -0.4 is 33.8 Å². The van der Waals surface area contributed by atoms with Gasteiger partial charge >= 0.3 is 5.69 Å². The molecule has 4 atom stereocenters. The number of carbonyl (C=O) groups is 3. The summed E-state index contributed by atoms with van der Waals surface area (Å²) < 4.78 is 19.2. The van der Waals surface area contributed by atoms with Crippen LogP contribution in [0.5, 0.6) is 0 Å². The number of aromatic nitrogens is 2. The number of carbonyl (C=O) groups excluding carboxylic acids is 3. The third-order valence-electron chi connectivity index (χ3n) is 7.10. The minimum atomic E-state index is -1.36. The Hall–Kier alpha value is -3.77. The standard InChI is InChI=1S/C29H43N7O9/c30-10-4-13-33-22(38)18-43-25-21(17-37)45-28(26(25)44-19-24(40)34(14-5-11-31)15-6-12-32)35-16-9-23(39)36(29(35)42)27(41)20-7-2-1-3-8-20/h1-3,7-9,16,21,25-26,28,37H,4-6,10-15,17-19,30-32H2,(H,33,38)/t21-,25-,26-,28-/m1/s1. The lowest BCUT2D eigenvalue weighted by Gasteiger charge is -2.27. The van der Waals surface area contributed by atoms with Crippen LogP contribution in [0.15, 0.2) is 52.2 Å². The summed E-state index contributed by atoms with van der Waals surface area (Å²) in [6.45, 7) is 0.672. The van der Waals surface area contributed by atoms with Gasteiger partial charge in [0, 0.05) is 37.5 Å². The van der Waals surface area contributed by atoms with Crippen molar-refractivity contribution in [2.24, 2.45) is 17.2 Å². The van der Waals surface area contributed by atoms with Gasteiger partial charge < -0.3 is 46.7 Å². The first-order valence-corrected chi connectivity index (χ1v) is 14.9. The summed E-state index contributed by atoms with van der Waals surface area (Å²) in [6, 6.07) is 8.79. The van der Waals surface area contributed by atoms with Crippen molar-refractivity contribution in [3.05, 3.63) is 69.0 Å². The summed E-state index contributed by atoms with van der Waals surface area (Å²) >= 11 is 0. The average molecular weight is 634 g/mol. The van der Waals surface area contributed by atoms with Gasteiger partial charge in [0.15, 0.2) is 6.23 Å². The molecule has 0 radical (unpaired) electrons. The second-order valence-electron chi connectivity index (χ2n) is 10.3. The second-order valence-corrected chi connectivity index (χ2v) is 10.3. The van der Waals surface area contributed by atoms with Gasteiger partial charge in [0.2, 0.25) is 11.8 Å². The van der Waals surface area contributed by atoms with E-state index >= 15 is 0 Å². The predicted octanol–water partition coefficient (Wildman–Crippen LogP) is -2.65. The van der Waals surface area contributed by atoms with E-state index in [1.165, 1.54) is 12.1 Å². The molecule has 0 spiro atoms. The van der Waals surface area contributed by atoms with Crippen LogP contribution in [0.2, 0.25) is 0 Å². The summed E-state index contributed by atoms with van der Waals surface area (Å²) in [5.41, 5.74) is 14.9. The Morgan fingerprint density at radius 3 is 2.18 bits per heavy atom. The highest BCUT2D eigenvalue weighted by Gasteiger charge is 2.48. The van der Waals surface area contributed by atoms with E-state index in [2.05, 4.69) is 5.32 Å². The van der Waals surface area contributed by atoms with Gasteiger partial charge in [-0.3, -0.25) is 23.7 Å². The van der Waals surface area contributed by atoms with E-state index in [9.17, 15) is 29.1 Å². The maximum absolute atomic E-state index is 13.6. The highest BCUT2D eigenvalue weighted by molar-refractivity contribution is 5.95. The average Bonchev–Trinajstić information content (AvgIpc) is 3.40. The summed E-state index contributed by atoms with van der Waals surface area (Å²) in [5.74, 6) is -1.72. The van der Waals surface area contributed by atoms with Crippen molar-refractivity contribution >= 4 is 17.7 Å². The van der Waals surface area contributed by atoms with E-state index in [-0.39, 0.29) is 5.56 Å². The third-order valence-corrected chi connectivity index (χ3v) is 7.10. The minimum absolute atomic E-state index is 0.102. The van der Waals surface area contributed by atoms with Crippen LogP contribution in [0.3, 0.4) is 0 Å². The van der Waals surface area contributed by atoms with Crippen LogP contribution in [0, 0.1) is 0 Å². The molecule has 2 aromatic rings. The number of ether oxygens (including phenoxy) is 3. The summed E-state index contributed by atoms with van der Waals surface area (Å²) in [6.07, 6.45) is -2.04. The number of nitrogens with two attached hydrogens (primary N) is 3. The molecule has 248 valence electrons. The van der Waals surface area contributed by atoms with Crippen molar-refractivity contribution in [2.75, 3.05) is 59.1 Å². The number of aliphatic hydroxyl groups is 1. The second kappa shape index (κ2) is 18.3. The first-order valence-electron chi connectivity index (χ1n) is 14.9. The summed E-state index contributed by atoms with van der Waals surface area (Å²) in [5, 5.41) is 12.8. The molecule has 1 aliphatic rings. The Morgan fingerprint density at radius 2 is 1.56 bits per heavy atom. The summed E-state index contributed by atoms with van der Waals surface area (Å²) in [7, 11) is 0. The topological polar surface area (TPSA) is 236 Å². The van der Waals surface area contributed by atoms with Gasteiger partial charge in [-0.1, -0.05) is 18.2 Å². The SMILES string of the molecule is NCCCNC(=O)CO[C@H]1[C@@H](OCC(=O)N(CCCN)CCCN)[C@H](n2ccc(=O)n(C(=O)c3ccccc3)c2=O)O[C@@H]1CO. The highest BCUT2D eigenvalue weighted by atomic mass is 16.6. The molecule has 1 aliphatic heterocycles. The van der Waals surface area contributed by atoms with Gasteiger partial charge in [-0.05, 0) is 51.0 Å². The molecule has 0 saturated carbocycles. The third kappa shape index (κ3) is 9.61. The van der Waals surface area contributed by atoms with Crippen LogP contribution in [0.25, 0.3) is 0 Å². The molecule has 1 aromatic carbocycles. The molecule has 2 heterocycles. The Labute approximate surface area is 260 Å². The Morgan fingerprint density at radius 1 is 0.911 bits per heavy atom.